The number of aromatic nitrogens is 2. The maximum Gasteiger partial charge on any atom is 0.260 e. The molecule has 0 aliphatic carbocycles. The lowest BCUT2D eigenvalue weighted by Crippen LogP contribution is -2.50. The molecule has 1 fully saturated rings. The standard InChI is InChI=1S/C26H28N4O5/c1-18(31)19-7-9-23(24(16-19)34-3)35-17-26(32)30-13-11-29(12-14-30)25-10-8-22(27-28-25)20-5-4-6-21(15-20)33-2/h4-10,15-16H,11-14,17H2,1-3H3. The monoisotopic (exact) mass is 476 g/mol. The lowest BCUT2D eigenvalue weighted by atomic mass is 10.1. The Bertz CT molecular complexity index is 1190. The first-order chi connectivity index (χ1) is 17.0. The van der Waals surface area contributed by atoms with Crippen molar-refractivity contribution < 1.29 is 23.8 Å². The summed E-state index contributed by atoms with van der Waals surface area (Å²) in [5, 5.41) is 8.76. The van der Waals surface area contributed by atoms with Crippen LogP contribution < -0.4 is 19.1 Å². The molecule has 1 aliphatic rings. The molecular weight excluding hydrogens is 448 g/mol. The number of ketones is 1. The van der Waals surface area contributed by atoms with Gasteiger partial charge in [-0.3, -0.25) is 9.59 Å². The Balaban J connectivity index is 1.30. The fourth-order valence-corrected chi connectivity index (χ4v) is 3.85. The summed E-state index contributed by atoms with van der Waals surface area (Å²) < 4.78 is 16.3. The van der Waals surface area contributed by atoms with Crippen LogP contribution in [0.1, 0.15) is 17.3 Å². The summed E-state index contributed by atoms with van der Waals surface area (Å²) in [6.45, 7) is 3.79. The maximum atomic E-state index is 12.7. The molecule has 2 heterocycles. The number of amides is 1. The number of hydrogen-bond acceptors (Lipinski definition) is 8. The number of methoxy groups -OCH3 is 2. The zero-order chi connectivity index (χ0) is 24.8. The Kier molecular flexibility index (Phi) is 7.45. The number of nitrogens with zero attached hydrogens (tertiary/aromatic N) is 4. The average Bonchev–Trinajstić information content (AvgIpc) is 2.91. The first kappa shape index (κ1) is 24.0. The van der Waals surface area contributed by atoms with E-state index < -0.39 is 0 Å². The summed E-state index contributed by atoms with van der Waals surface area (Å²) >= 11 is 0. The summed E-state index contributed by atoms with van der Waals surface area (Å²) in [6, 6.07) is 16.5. The normalized spacial score (nSPS) is 13.3. The van der Waals surface area contributed by atoms with E-state index in [-0.39, 0.29) is 18.3 Å². The molecule has 35 heavy (non-hydrogen) atoms. The van der Waals surface area contributed by atoms with Gasteiger partial charge in [-0.15, -0.1) is 10.2 Å². The van der Waals surface area contributed by atoms with Gasteiger partial charge in [0.15, 0.2) is 29.7 Å². The van der Waals surface area contributed by atoms with Crippen LogP contribution in [0.2, 0.25) is 0 Å². The van der Waals surface area contributed by atoms with Gasteiger partial charge in [0.1, 0.15) is 5.75 Å². The Labute approximate surface area is 204 Å². The summed E-state index contributed by atoms with van der Waals surface area (Å²) in [4.78, 5) is 28.1. The van der Waals surface area contributed by atoms with E-state index in [9.17, 15) is 9.59 Å². The van der Waals surface area contributed by atoms with E-state index in [1.165, 1.54) is 14.0 Å². The number of hydrogen-bond donors (Lipinski definition) is 0. The molecule has 9 nitrogen and oxygen atoms in total. The molecule has 4 rings (SSSR count). The SMILES string of the molecule is COc1cccc(-c2ccc(N3CCN(C(=O)COc4ccc(C(C)=O)cc4OC)CC3)nn2)c1. The Hall–Kier alpha value is -4.14. The molecule has 1 aliphatic heterocycles. The van der Waals surface area contributed by atoms with Crippen LogP contribution in [0.4, 0.5) is 5.82 Å². The summed E-state index contributed by atoms with van der Waals surface area (Å²) in [5.74, 6) is 2.22. The largest absolute Gasteiger partial charge is 0.497 e. The summed E-state index contributed by atoms with van der Waals surface area (Å²) in [6.07, 6.45) is 0. The molecule has 3 aromatic rings. The number of ether oxygens (including phenoxy) is 3. The van der Waals surface area contributed by atoms with E-state index >= 15 is 0 Å². The first-order valence-corrected chi connectivity index (χ1v) is 11.3. The van der Waals surface area contributed by atoms with Gasteiger partial charge in [0.05, 0.1) is 19.9 Å². The molecule has 0 atom stereocenters. The van der Waals surface area contributed by atoms with Crippen molar-refractivity contribution in [3.8, 4) is 28.5 Å². The number of benzene rings is 2. The molecule has 0 spiro atoms. The zero-order valence-electron chi connectivity index (χ0n) is 20.1. The number of carbonyl (C=O) groups excluding carboxylic acids is 2. The van der Waals surface area contributed by atoms with Crippen molar-refractivity contribution in [3.05, 3.63) is 60.2 Å². The van der Waals surface area contributed by atoms with Crippen molar-refractivity contribution in [1.82, 2.24) is 15.1 Å². The van der Waals surface area contributed by atoms with Crippen LogP contribution in [0.25, 0.3) is 11.3 Å². The van der Waals surface area contributed by atoms with Gasteiger partial charge in [-0.05, 0) is 49.4 Å². The van der Waals surface area contributed by atoms with Crippen molar-refractivity contribution in [1.29, 1.82) is 0 Å². The molecule has 1 saturated heterocycles. The Morgan fingerprint density at radius 1 is 0.886 bits per heavy atom. The second-order valence-corrected chi connectivity index (χ2v) is 8.09. The number of anilines is 1. The van der Waals surface area contributed by atoms with Crippen molar-refractivity contribution in [2.45, 2.75) is 6.92 Å². The van der Waals surface area contributed by atoms with Gasteiger partial charge in [-0.25, -0.2) is 0 Å². The van der Waals surface area contributed by atoms with Crippen LogP contribution in [-0.2, 0) is 4.79 Å². The van der Waals surface area contributed by atoms with Gasteiger partial charge in [0.25, 0.3) is 5.91 Å². The molecular formula is C26H28N4O5. The van der Waals surface area contributed by atoms with Gasteiger partial charge in [-0.1, -0.05) is 12.1 Å². The predicted octanol–water partition coefficient (Wildman–Crippen LogP) is 3.09. The minimum atomic E-state index is -0.109. The third-order valence-electron chi connectivity index (χ3n) is 5.89. The molecule has 9 heteroatoms. The third kappa shape index (κ3) is 5.68. The second-order valence-electron chi connectivity index (χ2n) is 8.09. The smallest absolute Gasteiger partial charge is 0.260 e. The zero-order valence-corrected chi connectivity index (χ0v) is 20.1. The maximum absolute atomic E-state index is 12.7. The van der Waals surface area contributed by atoms with Crippen molar-refractivity contribution in [3.63, 3.8) is 0 Å². The van der Waals surface area contributed by atoms with Crippen molar-refractivity contribution in [2.75, 3.05) is 51.9 Å². The predicted molar refractivity (Wildman–Crippen MR) is 131 cm³/mol. The molecule has 1 amide bonds. The van der Waals surface area contributed by atoms with E-state index in [1.807, 2.05) is 36.4 Å². The number of piperazine rings is 1. The molecule has 0 unspecified atom stereocenters. The molecule has 0 bridgehead atoms. The van der Waals surface area contributed by atoms with Crippen molar-refractivity contribution >= 4 is 17.5 Å². The van der Waals surface area contributed by atoms with Crippen LogP contribution in [-0.4, -0.2) is 73.8 Å². The Morgan fingerprint density at radius 2 is 1.69 bits per heavy atom. The number of carbonyl (C=O) groups is 2. The molecule has 1 aromatic heterocycles. The fourth-order valence-electron chi connectivity index (χ4n) is 3.85. The molecule has 182 valence electrons. The van der Waals surface area contributed by atoms with Gasteiger partial charge in [0, 0.05) is 37.3 Å². The lowest BCUT2D eigenvalue weighted by Gasteiger charge is -2.35. The highest BCUT2D eigenvalue weighted by Crippen LogP contribution is 2.28. The quantitative estimate of drug-likeness (QED) is 0.458. The lowest BCUT2D eigenvalue weighted by molar-refractivity contribution is -0.133. The van der Waals surface area contributed by atoms with Crippen LogP contribution in [0.3, 0.4) is 0 Å². The van der Waals surface area contributed by atoms with Gasteiger partial charge < -0.3 is 24.0 Å². The molecule has 0 saturated carbocycles. The van der Waals surface area contributed by atoms with E-state index in [0.29, 0.717) is 43.2 Å². The van der Waals surface area contributed by atoms with Crippen LogP contribution in [0.15, 0.2) is 54.6 Å². The fraction of sp³-hybridized carbons (Fsp3) is 0.308. The van der Waals surface area contributed by atoms with E-state index in [4.69, 9.17) is 14.2 Å². The second kappa shape index (κ2) is 10.9. The van der Waals surface area contributed by atoms with Gasteiger partial charge in [-0.2, -0.15) is 0 Å². The molecule has 2 aromatic carbocycles. The topological polar surface area (TPSA) is 94.1 Å². The Morgan fingerprint density at radius 3 is 2.34 bits per heavy atom. The summed E-state index contributed by atoms with van der Waals surface area (Å²) in [5.41, 5.74) is 2.23. The highest BCUT2D eigenvalue weighted by Gasteiger charge is 2.23. The van der Waals surface area contributed by atoms with E-state index in [2.05, 4.69) is 15.1 Å². The van der Waals surface area contributed by atoms with Crippen LogP contribution in [0, 0.1) is 0 Å². The highest BCUT2D eigenvalue weighted by molar-refractivity contribution is 5.94. The van der Waals surface area contributed by atoms with Crippen molar-refractivity contribution in [2.24, 2.45) is 0 Å². The average molecular weight is 477 g/mol. The number of rotatable bonds is 8. The van der Waals surface area contributed by atoms with Crippen LogP contribution >= 0.6 is 0 Å². The third-order valence-corrected chi connectivity index (χ3v) is 5.89. The van der Waals surface area contributed by atoms with Crippen LogP contribution in [0.5, 0.6) is 17.2 Å². The molecule has 0 N–H and O–H groups in total. The highest BCUT2D eigenvalue weighted by atomic mass is 16.5. The van der Waals surface area contributed by atoms with E-state index in [1.54, 1.807) is 30.2 Å². The van der Waals surface area contributed by atoms with Gasteiger partial charge in [0.2, 0.25) is 0 Å². The first-order valence-electron chi connectivity index (χ1n) is 11.3. The number of Topliss-reactive ketones (excluding diaryl/α,β-unsaturated/α-hetero) is 1. The minimum Gasteiger partial charge on any atom is -0.497 e. The van der Waals surface area contributed by atoms with Gasteiger partial charge >= 0.3 is 0 Å². The van der Waals surface area contributed by atoms with E-state index in [0.717, 1.165) is 22.8 Å². The summed E-state index contributed by atoms with van der Waals surface area (Å²) in [7, 11) is 3.13. The molecule has 0 radical (unpaired) electrons. The minimum absolute atomic E-state index is 0.0663.